The average Bonchev–Trinajstić information content (AvgIpc) is 2.34. The minimum atomic E-state index is 0.400. The van der Waals surface area contributed by atoms with E-state index in [1.54, 1.807) is 6.20 Å². The maximum atomic E-state index is 5.93. The van der Waals surface area contributed by atoms with Gasteiger partial charge in [-0.25, -0.2) is 0 Å². The Labute approximate surface area is 96.9 Å². The molecule has 0 atom stereocenters. The van der Waals surface area contributed by atoms with E-state index in [4.69, 9.17) is 5.73 Å². The molecule has 0 bridgehead atoms. The van der Waals surface area contributed by atoms with E-state index in [0.29, 0.717) is 12.1 Å². The van der Waals surface area contributed by atoms with Gasteiger partial charge in [-0.05, 0) is 44.7 Å². The first-order valence-electron chi connectivity index (χ1n) is 6.11. The van der Waals surface area contributed by atoms with Crippen LogP contribution in [0.3, 0.4) is 0 Å². The molecule has 1 aromatic heterocycles. The minimum Gasteiger partial charge on any atom is -0.352 e. The smallest absolute Gasteiger partial charge is 0.151 e. The molecule has 1 aliphatic rings. The summed E-state index contributed by atoms with van der Waals surface area (Å²) in [5.74, 6) is 0.991. The van der Waals surface area contributed by atoms with Crippen LogP contribution >= 0.6 is 0 Å². The first-order valence-corrected chi connectivity index (χ1v) is 6.11. The predicted molar refractivity (Wildman–Crippen MR) is 65.3 cm³/mol. The van der Waals surface area contributed by atoms with Crippen LogP contribution in [0, 0.1) is 0 Å². The topological polar surface area (TPSA) is 55.0 Å². The zero-order valence-electron chi connectivity index (χ0n) is 9.84. The SMILES string of the molecule is CCN(c1cccnn1)C1CCC(N)CC1. The predicted octanol–water partition coefficient (Wildman–Crippen LogP) is 1.57. The van der Waals surface area contributed by atoms with E-state index in [2.05, 4.69) is 22.0 Å². The Morgan fingerprint density at radius 1 is 1.38 bits per heavy atom. The number of rotatable bonds is 3. The monoisotopic (exact) mass is 220 g/mol. The van der Waals surface area contributed by atoms with Gasteiger partial charge in [0, 0.05) is 24.8 Å². The number of aromatic nitrogens is 2. The van der Waals surface area contributed by atoms with E-state index in [9.17, 15) is 0 Å². The lowest BCUT2D eigenvalue weighted by Gasteiger charge is -2.35. The molecule has 1 aliphatic carbocycles. The number of nitrogens with zero attached hydrogens (tertiary/aromatic N) is 3. The Bertz CT molecular complexity index is 306. The Hall–Kier alpha value is -1.16. The number of nitrogens with two attached hydrogens (primary N) is 1. The summed E-state index contributed by atoms with van der Waals surface area (Å²) >= 11 is 0. The Morgan fingerprint density at radius 2 is 2.12 bits per heavy atom. The third-order valence-electron chi connectivity index (χ3n) is 3.38. The Morgan fingerprint density at radius 3 is 2.69 bits per heavy atom. The number of hydrogen-bond donors (Lipinski definition) is 1. The Balaban J connectivity index is 2.05. The second-order valence-corrected chi connectivity index (χ2v) is 4.44. The summed E-state index contributed by atoms with van der Waals surface area (Å²) in [5, 5.41) is 8.14. The van der Waals surface area contributed by atoms with Gasteiger partial charge in [-0.1, -0.05) is 0 Å². The molecule has 1 saturated carbocycles. The number of anilines is 1. The standard InChI is InChI=1S/C12H20N4/c1-2-16(12-4-3-9-14-15-12)11-7-5-10(13)6-8-11/h3-4,9-11H,2,5-8,13H2,1H3. The molecule has 1 aromatic rings. The van der Waals surface area contributed by atoms with Gasteiger partial charge < -0.3 is 10.6 Å². The van der Waals surface area contributed by atoms with Crippen molar-refractivity contribution >= 4 is 5.82 Å². The van der Waals surface area contributed by atoms with Crippen LogP contribution in [0.2, 0.25) is 0 Å². The molecule has 4 heteroatoms. The summed E-state index contributed by atoms with van der Waals surface area (Å²) in [5.41, 5.74) is 5.93. The highest BCUT2D eigenvalue weighted by atomic mass is 15.3. The van der Waals surface area contributed by atoms with E-state index in [-0.39, 0.29) is 0 Å². The molecule has 0 aliphatic heterocycles. The third-order valence-corrected chi connectivity index (χ3v) is 3.38. The van der Waals surface area contributed by atoms with Gasteiger partial charge in [0.1, 0.15) is 0 Å². The van der Waals surface area contributed by atoms with E-state index >= 15 is 0 Å². The fourth-order valence-corrected chi connectivity index (χ4v) is 2.47. The molecule has 0 saturated heterocycles. The fourth-order valence-electron chi connectivity index (χ4n) is 2.47. The van der Waals surface area contributed by atoms with Crippen LogP contribution in [-0.4, -0.2) is 28.8 Å². The van der Waals surface area contributed by atoms with Crippen molar-refractivity contribution in [2.45, 2.75) is 44.7 Å². The molecule has 2 rings (SSSR count). The molecule has 4 nitrogen and oxygen atoms in total. The first kappa shape index (κ1) is 11.3. The van der Waals surface area contributed by atoms with Gasteiger partial charge in [0.2, 0.25) is 0 Å². The lowest BCUT2D eigenvalue weighted by Crippen LogP contribution is -2.41. The summed E-state index contributed by atoms with van der Waals surface area (Å²) in [7, 11) is 0. The molecule has 16 heavy (non-hydrogen) atoms. The van der Waals surface area contributed by atoms with Crippen LogP contribution < -0.4 is 10.6 Å². The van der Waals surface area contributed by atoms with E-state index in [1.165, 1.54) is 12.8 Å². The molecule has 1 fully saturated rings. The first-order chi connectivity index (χ1) is 7.81. The van der Waals surface area contributed by atoms with E-state index < -0.39 is 0 Å². The Kier molecular flexibility index (Phi) is 3.72. The van der Waals surface area contributed by atoms with Crippen molar-refractivity contribution in [1.29, 1.82) is 0 Å². The van der Waals surface area contributed by atoms with Crippen molar-refractivity contribution in [2.24, 2.45) is 5.73 Å². The molecule has 0 radical (unpaired) electrons. The van der Waals surface area contributed by atoms with Crippen molar-refractivity contribution in [2.75, 3.05) is 11.4 Å². The molecule has 0 amide bonds. The lowest BCUT2D eigenvalue weighted by molar-refractivity contribution is 0.376. The molecule has 88 valence electrons. The van der Waals surface area contributed by atoms with Crippen LogP contribution in [0.4, 0.5) is 5.82 Å². The van der Waals surface area contributed by atoms with Crippen LogP contribution in [-0.2, 0) is 0 Å². The molecule has 1 heterocycles. The van der Waals surface area contributed by atoms with Gasteiger partial charge >= 0.3 is 0 Å². The third kappa shape index (κ3) is 2.50. The molecule has 0 aromatic carbocycles. The largest absolute Gasteiger partial charge is 0.352 e. The zero-order chi connectivity index (χ0) is 11.4. The maximum Gasteiger partial charge on any atom is 0.151 e. The highest BCUT2D eigenvalue weighted by molar-refractivity contribution is 5.37. The van der Waals surface area contributed by atoms with Crippen molar-refractivity contribution in [1.82, 2.24) is 10.2 Å². The van der Waals surface area contributed by atoms with Crippen LogP contribution in [0.1, 0.15) is 32.6 Å². The highest BCUT2D eigenvalue weighted by Gasteiger charge is 2.24. The summed E-state index contributed by atoms with van der Waals surface area (Å²) in [6, 6.07) is 4.96. The van der Waals surface area contributed by atoms with E-state index in [1.807, 2.05) is 12.1 Å². The van der Waals surface area contributed by atoms with Gasteiger partial charge in [-0.2, -0.15) is 5.10 Å². The second-order valence-electron chi connectivity index (χ2n) is 4.44. The zero-order valence-corrected chi connectivity index (χ0v) is 9.84. The molecule has 0 spiro atoms. The number of hydrogen-bond acceptors (Lipinski definition) is 4. The van der Waals surface area contributed by atoms with Gasteiger partial charge in [0.15, 0.2) is 5.82 Å². The lowest BCUT2D eigenvalue weighted by atomic mass is 9.91. The molecule has 2 N–H and O–H groups in total. The average molecular weight is 220 g/mol. The van der Waals surface area contributed by atoms with Gasteiger partial charge in [0.25, 0.3) is 0 Å². The van der Waals surface area contributed by atoms with Crippen LogP contribution in [0.25, 0.3) is 0 Å². The molecular formula is C12H20N4. The molecule has 0 unspecified atom stereocenters. The van der Waals surface area contributed by atoms with Crippen LogP contribution in [0.15, 0.2) is 18.3 Å². The van der Waals surface area contributed by atoms with Crippen molar-refractivity contribution in [3.05, 3.63) is 18.3 Å². The van der Waals surface area contributed by atoms with E-state index in [0.717, 1.165) is 25.2 Å². The second kappa shape index (κ2) is 5.25. The normalized spacial score (nSPS) is 25.4. The highest BCUT2D eigenvalue weighted by Crippen LogP contribution is 2.25. The maximum absolute atomic E-state index is 5.93. The van der Waals surface area contributed by atoms with Crippen LogP contribution in [0.5, 0.6) is 0 Å². The molecular weight excluding hydrogens is 200 g/mol. The summed E-state index contributed by atoms with van der Waals surface area (Å²) < 4.78 is 0. The van der Waals surface area contributed by atoms with Gasteiger partial charge in [-0.3, -0.25) is 0 Å². The summed E-state index contributed by atoms with van der Waals surface area (Å²) in [6.45, 7) is 3.15. The quantitative estimate of drug-likeness (QED) is 0.840. The fraction of sp³-hybridized carbons (Fsp3) is 0.667. The van der Waals surface area contributed by atoms with Crippen molar-refractivity contribution < 1.29 is 0 Å². The van der Waals surface area contributed by atoms with Crippen molar-refractivity contribution in [3.63, 3.8) is 0 Å². The van der Waals surface area contributed by atoms with Gasteiger partial charge in [-0.15, -0.1) is 5.10 Å². The summed E-state index contributed by atoms with van der Waals surface area (Å²) in [4.78, 5) is 2.35. The summed E-state index contributed by atoms with van der Waals surface area (Å²) in [6.07, 6.45) is 6.31. The van der Waals surface area contributed by atoms with Gasteiger partial charge in [0.05, 0.1) is 0 Å². The van der Waals surface area contributed by atoms with Crippen molar-refractivity contribution in [3.8, 4) is 0 Å². The minimum absolute atomic E-state index is 0.400.